The second-order valence-corrected chi connectivity index (χ2v) is 14.7. The average molecular weight is 713 g/mol. The summed E-state index contributed by atoms with van der Waals surface area (Å²) in [5, 5.41) is 1.03. The first-order valence-electron chi connectivity index (χ1n) is 19.1. The molecule has 0 aliphatic heterocycles. The summed E-state index contributed by atoms with van der Waals surface area (Å²) in [6.07, 6.45) is 2.08. The van der Waals surface area contributed by atoms with Crippen LogP contribution in [-0.2, 0) is 5.41 Å². The fraction of sp³-hybridized carbons (Fsp3) is 0.0192. The van der Waals surface area contributed by atoms with Gasteiger partial charge in [-0.1, -0.05) is 158 Å². The summed E-state index contributed by atoms with van der Waals surface area (Å²) in [6.45, 7) is 0. The molecule has 2 aliphatic rings. The van der Waals surface area contributed by atoms with E-state index in [1.54, 1.807) is 0 Å². The van der Waals surface area contributed by atoms with E-state index in [1.807, 2.05) is 12.1 Å². The standard InChI is InChI=1S/C52H32N4/c1-2-15-33(16-3-1)49-50(56-30-13-12-27-47(56)54-49)35-17-14-18-36(31-35)51-53-46-26-11-7-22-41(46)48(55-51)34-28-29-40-39-21-6-10-25-44(39)52(45(40)32-34)42-23-8-4-19-37(42)38-20-5-9-24-43(38)52/h1-32H. The smallest absolute Gasteiger partial charge is 0.160 e. The Morgan fingerprint density at radius 3 is 1.73 bits per heavy atom. The molecule has 0 fully saturated rings. The first-order chi connectivity index (χ1) is 27.8. The molecule has 7 aromatic carbocycles. The van der Waals surface area contributed by atoms with Gasteiger partial charge < -0.3 is 0 Å². The van der Waals surface area contributed by atoms with Gasteiger partial charge in [0.05, 0.1) is 28.0 Å². The molecule has 1 spiro atoms. The summed E-state index contributed by atoms with van der Waals surface area (Å²) in [5.74, 6) is 0.686. The van der Waals surface area contributed by atoms with E-state index in [0.717, 1.165) is 55.9 Å². The van der Waals surface area contributed by atoms with Crippen molar-refractivity contribution in [1.82, 2.24) is 19.4 Å². The molecule has 10 aromatic rings. The Labute approximate surface area is 324 Å². The van der Waals surface area contributed by atoms with Gasteiger partial charge in [-0.25, -0.2) is 15.0 Å². The van der Waals surface area contributed by atoms with Crippen LogP contribution in [0.15, 0.2) is 194 Å². The van der Waals surface area contributed by atoms with E-state index in [0.29, 0.717) is 5.82 Å². The minimum absolute atomic E-state index is 0.431. The van der Waals surface area contributed by atoms with Crippen LogP contribution in [0.3, 0.4) is 0 Å². The van der Waals surface area contributed by atoms with E-state index < -0.39 is 5.41 Å². The van der Waals surface area contributed by atoms with Gasteiger partial charge in [0.2, 0.25) is 0 Å². The highest BCUT2D eigenvalue weighted by atomic mass is 15.0. The third-order valence-corrected chi connectivity index (χ3v) is 11.8. The number of pyridine rings is 1. The van der Waals surface area contributed by atoms with Gasteiger partial charge in [0.1, 0.15) is 5.65 Å². The molecule has 0 saturated heterocycles. The topological polar surface area (TPSA) is 43.1 Å². The summed E-state index contributed by atoms with van der Waals surface area (Å²) in [7, 11) is 0. The van der Waals surface area contributed by atoms with Crippen molar-refractivity contribution in [2.75, 3.05) is 0 Å². The average Bonchev–Trinajstić information content (AvgIpc) is 3.91. The van der Waals surface area contributed by atoms with E-state index in [9.17, 15) is 0 Å². The molecule has 0 unspecified atom stereocenters. The SMILES string of the molecule is c1ccc(-c2nc3ccccn3c2-c2cccc(-c3nc(-c4ccc5c(c4)C4(c6ccccc6-c6ccccc64)c4ccccc4-5)c4ccccc4n3)c2)cc1. The normalized spacial score (nSPS) is 13.1. The molecule has 3 heterocycles. The van der Waals surface area contributed by atoms with Crippen LogP contribution in [0.2, 0.25) is 0 Å². The minimum Gasteiger partial charge on any atom is -0.299 e. The molecule has 56 heavy (non-hydrogen) atoms. The molecule has 0 atom stereocenters. The Bertz CT molecular complexity index is 3150. The van der Waals surface area contributed by atoms with Crippen LogP contribution in [0.1, 0.15) is 22.3 Å². The monoisotopic (exact) mass is 712 g/mol. The summed E-state index contributed by atoms with van der Waals surface area (Å²) in [5.41, 5.74) is 18.9. The zero-order chi connectivity index (χ0) is 36.8. The van der Waals surface area contributed by atoms with Crippen molar-refractivity contribution in [1.29, 1.82) is 0 Å². The lowest BCUT2D eigenvalue weighted by Crippen LogP contribution is -2.25. The van der Waals surface area contributed by atoms with Crippen molar-refractivity contribution in [3.8, 4) is 67.4 Å². The van der Waals surface area contributed by atoms with Gasteiger partial charge in [-0.15, -0.1) is 0 Å². The zero-order valence-corrected chi connectivity index (χ0v) is 30.3. The second-order valence-electron chi connectivity index (χ2n) is 14.7. The molecule has 0 radical (unpaired) electrons. The predicted molar refractivity (Wildman–Crippen MR) is 226 cm³/mol. The van der Waals surface area contributed by atoms with Crippen molar-refractivity contribution in [2.45, 2.75) is 5.41 Å². The third-order valence-electron chi connectivity index (χ3n) is 11.8. The van der Waals surface area contributed by atoms with Crippen LogP contribution in [0.25, 0.3) is 84.0 Å². The van der Waals surface area contributed by atoms with Gasteiger partial charge >= 0.3 is 0 Å². The summed E-state index contributed by atoms with van der Waals surface area (Å²) in [4.78, 5) is 15.7. The number of fused-ring (bicyclic) bond motifs is 12. The number of benzene rings is 7. The number of aromatic nitrogens is 4. The zero-order valence-electron chi connectivity index (χ0n) is 30.3. The molecule has 260 valence electrons. The van der Waals surface area contributed by atoms with Crippen LogP contribution in [0, 0.1) is 0 Å². The molecular formula is C52H32N4. The maximum Gasteiger partial charge on any atom is 0.160 e. The quantitative estimate of drug-likeness (QED) is 0.182. The van der Waals surface area contributed by atoms with Gasteiger partial charge in [0.15, 0.2) is 5.82 Å². The van der Waals surface area contributed by atoms with Gasteiger partial charge in [-0.05, 0) is 74.8 Å². The highest BCUT2D eigenvalue weighted by Gasteiger charge is 2.51. The Morgan fingerprint density at radius 1 is 0.375 bits per heavy atom. The van der Waals surface area contributed by atoms with Crippen LogP contribution in [0.5, 0.6) is 0 Å². The van der Waals surface area contributed by atoms with Gasteiger partial charge in [-0.2, -0.15) is 0 Å². The molecule has 12 rings (SSSR count). The Morgan fingerprint density at radius 2 is 0.982 bits per heavy atom. The highest BCUT2D eigenvalue weighted by molar-refractivity contribution is 5.98. The fourth-order valence-corrected chi connectivity index (χ4v) is 9.54. The minimum atomic E-state index is -0.431. The molecule has 0 saturated carbocycles. The number of hydrogen-bond donors (Lipinski definition) is 0. The third kappa shape index (κ3) is 4.27. The molecule has 3 aromatic heterocycles. The van der Waals surface area contributed by atoms with Crippen molar-refractivity contribution in [2.24, 2.45) is 0 Å². The summed E-state index contributed by atoms with van der Waals surface area (Å²) < 4.78 is 2.17. The Hall–Kier alpha value is -7.43. The molecule has 4 heteroatoms. The molecular weight excluding hydrogens is 681 g/mol. The van der Waals surface area contributed by atoms with Crippen LogP contribution in [-0.4, -0.2) is 19.4 Å². The first-order valence-corrected chi connectivity index (χ1v) is 19.1. The largest absolute Gasteiger partial charge is 0.299 e. The van der Waals surface area contributed by atoms with E-state index in [-0.39, 0.29) is 0 Å². The van der Waals surface area contributed by atoms with Gasteiger partial charge in [0, 0.05) is 33.8 Å². The molecule has 0 N–H and O–H groups in total. The number of para-hydroxylation sites is 1. The first kappa shape index (κ1) is 31.0. The lowest BCUT2D eigenvalue weighted by Gasteiger charge is -2.30. The predicted octanol–water partition coefficient (Wildman–Crippen LogP) is 12.3. The summed E-state index contributed by atoms with van der Waals surface area (Å²) in [6, 6.07) is 67.4. The Kier molecular flexibility index (Phi) is 6.52. The number of imidazole rings is 1. The van der Waals surface area contributed by atoms with Crippen molar-refractivity contribution < 1.29 is 0 Å². The van der Waals surface area contributed by atoms with E-state index in [2.05, 4.69) is 187 Å². The van der Waals surface area contributed by atoms with Crippen molar-refractivity contribution >= 4 is 16.6 Å². The van der Waals surface area contributed by atoms with Gasteiger partial charge in [-0.3, -0.25) is 4.40 Å². The lowest BCUT2D eigenvalue weighted by molar-refractivity contribution is 0.794. The van der Waals surface area contributed by atoms with Crippen LogP contribution in [0.4, 0.5) is 0 Å². The van der Waals surface area contributed by atoms with Gasteiger partial charge in [0.25, 0.3) is 0 Å². The van der Waals surface area contributed by atoms with E-state index >= 15 is 0 Å². The molecule has 4 nitrogen and oxygen atoms in total. The van der Waals surface area contributed by atoms with Crippen molar-refractivity contribution in [3.05, 3.63) is 217 Å². The van der Waals surface area contributed by atoms with Crippen LogP contribution < -0.4 is 0 Å². The molecule has 0 amide bonds. The summed E-state index contributed by atoms with van der Waals surface area (Å²) >= 11 is 0. The number of rotatable bonds is 4. The maximum atomic E-state index is 5.45. The van der Waals surface area contributed by atoms with Crippen molar-refractivity contribution in [3.63, 3.8) is 0 Å². The van der Waals surface area contributed by atoms with E-state index in [1.165, 1.54) is 44.5 Å². The lowest BCUT2D eigenvalue weighted by atomic mass is 9.70. The second kappa shape index (κ2) is 11.8. The number of nitrogens with zero attached hydrogens (tertiary/aromatic N) is 4. The number of hydrogen-bond acceptors (Lipinski definition) is 3. The van der Waals surface area contributed by atoms with E-state index in [4.69, 9.17) is 15.0 Å². The Balaban J connectivity index is 1.07. The molecule has 0 bridgehead atoms. The molecule has 2 aliphatic carbocycles. The fourth-order valence-electron chi connectivity index (χ4n) is 9.54. The van der Waals surface area contributed by atoms with Crippen LogP contribution >= 0.6 is 0 Å². The highest BCUT2D eigenvalue weighted by Crippen LogP contribution is 2.63. The maximum absolute atomic E-state index is 5.45.